The first-order valence-electron chi connectivity index (χ1n) is 5.06. The number of anilines is 2. The SMILES string of the molecule is CCCCC(C)Nc1cnc(N)cn1. The van der Waals surface area contributed by atoms with Gasteiger partial charge >= 0.3 is 0 Å². The molecule has 0 bridgehead atoms. The summed E-state index contributed by atoms with van der Waals surface area (Å²) in [6, 6.07) is 0.438. The molecule has 0 fully saturated rings. The lowest BCUT2D eigenvalue weighted by molar-refractivity contribution is 0.643. The number of hydrogen-bond acceptors (Lipinski definition) is 4. The van der Waals surface area contributed by atoms with E-state index in [0.717, 1.165) is 12.2 Å². The Balaban J connectivity index is 2.39. The van der Waals surface area contributed by atoms with Crippen molar-refractivity contribution in [3.05, 3.63) is 12.4 Å². The minimum atomic E-state index is 0.438. The van der Waals surface area contributed by atoms with E-state index in [4.69, 9.17) is 5.73 Å². The molecule has 1 atom stereocenters. The van der Waals surface area contributed by atoms with Gasteiger partial charge in [-0.05, 0) is 13.3 Å². The van der Waals surface area contributed by atoms with Crippen LogP contribution in [-0.2, 0) is 0 Å². The average Bonchev–Trinajstić information content (AvgIpc) is 2.18. The number of rotatable bonds is 5. The van der Waals surface area contributed by atoms with Crippen LogP contribution in [0.2, 0.25) is 0 Å². The van der Waals surface area contributed by atoms with E-state index in [1.165, 1.54) is 12.8 Å². The van der Waals surface area contributed by atoms with Crippen molar-refractivity contribution in [2.24, 2.45) is 0 Å². The van der Waals surface area contributed by atoms with Gasteiger partial charge in [-0.1, -0.05) is 19.8 Å². The number of unbranched alkanes of at least 4 members (excludes halogenated alkanes) is 1. The summed E-state index contributed by atoms with van der Waals surface area (Å²) in [5.41, 5.74) is 5.44. The Morgan fingerprint density at radius 1 is 1.43 bits per heavy atom. The molecule has 14 heavy (non-hydrogen) atoms. The molecule has 78 valence electrons. The second-order valence-corrected chi connectivity index (χ2v) is 3.51. The Bertz CT molecular complexity index is 257. The van der Waals surface area contributed by atoms with Crippen molar-refractivity contribution in [2.45, 2.75) is 39.2 Å². The topological polar surface area (TPSA) is 63.8 Å². The second kappa shape index (κ2) is 5.42. The molecule has 0 aliphatic carbocycles. The largest absolute Gasteiger partial charge is 0.382 e. The Morgan fingerprint density at radius 3 is 2.79 bits per heavy atom. The maximum atomic E-state index is 5.44. The average molecular weight is 194 g/mol. The Hall–Kier alpha value is -1.32. The van der Waals surface area contributed by atoms with Crippen LogP contribution >= 0.6 is 0 Å². The van der Waals surface area contributed by atoms with Crippen LogP contribution < -0.4 is 11.1 Å². The van der Waals surface area contributed by atoms with E-state index < -0.39 is 0 Å². The number of nitrogens with one attached hydrogen (secondary N) is 1. The summed E-state index contributed by atoms with van der Waals surface area (Å²) in [4.78, 5) is 8.09. The fourth-order valence-corrected chi connectivity index (χ4v) is 1.25. The molecule has 1 heterocycles. The molecule has 4 nitrogen and oxygen atoms in total. The zero-order valence-electron chi connectivity index (χ0n) is 8.83. The molecule has 0 spiro atoms. The number of nitrogens with two attached hydrogens (primary N) is 1. The first-order valence-corrected chi connectivity index (χ1v) is 5.06. The summed E-state index contributed by atoms with van der Waals surface area (Å²) < 4.78 is 0. The Labute approximate surface area is 85.0 Å². The lowest BCUT2D eigenvalue weighted by atomic mass is 10.1. The molecule has 0 aliphatic heterocycles. The van der Waals surface area contributed by atoms with Gasteiger partial charge in [-0.15, -0.1) is 0 Å². The van der Waals surface area contributed by atoms with Crippen molar-refractivity contribution in [1.82, 2.24) is 9.97 Å². The number of hydrogen-bond donors (Lipinski definition) is 2. The molecule has 1 aromatic heterocycles. The number of nitrogen functional groups attached to an aromatic ring is 1. The maximum Gasteiger partial charge on any atom is 0.144 e. The molecule has 3 N–H and O–H groups in total. The molecule has 1 unspecified atom stereocenters. The van der Waals surface area contributed by atoms with Gasteiger partial charge in [0.05, 0.1) is 12.4 Å². The van der Waals surface area contributed by atoms with E-state index >= 15 is 0 Å². The molecule has 0 saturated carbocycles. The highest BCUT2D eigenvalue weighted by molar-refractivity contribution is 5.36. The van der Waals surface area contributed by atoms with Gasteiger partial charge in [0.25, 0.3) is 0 Å². The Morgan fingerprint density at radius 2 is 2.21 bits per heavy atom. The van der Waals surface area contributed by atoms with E-state index in [0.29, 0.717) is 11.9 Å². The highest BCUT2D eigenvalue weighted by Crippen LogP contribution is 2.07. The fraction of sp³-hybridized carbons (Fsp3) is 0.600. The predicted octanol–water partition coefficient (Wildman–Crippen LogP) is 2.05. The molecule has 4 heteroatoms. The van der Waals surface area contributed by atoms with Crippen LogP contribution in [0.15, 0.2) is 12.4 Å². The number of nitrogens with zero attached hydrogens (tertiary/aromatic N) is 2. The summed E-state index contributed by atoms with van der Waals surface area (Å²) in [7, 11) is 0. The molecular weight excluding hydrogens is 176 g/mol. The van der Waals surface area contributed by atoms with E-state index in [2.05, 4.69) is 29.1 Å². The van der Waals surface area contributed by atoms with Crippen molar-refractivity contribution in [3.63, 3.8) is 0 Å². The summed E-state index contributed by atoms with van der Waals surface area (Å²) in [5, 5.41) is 3.27. The summed E-state index contributed by atoms with van der Waals surface area (Å²) >= 11 is 0. The van der Waals surface area contributed by atoms with Crippen LogP contribution in [0, 0.1) is 0 Å². The molecular formula is C10H18N4. The summed E-state index contributed by atoms with van der Waals surface area (Å²) in [5.74, 6) is 1.25. The third kappa shape index (κ3) is 3.60. The summed E-state index contributed by atoms with van der Waals surface area (Å²) in [6.07, 6.45) is 6.84. The van der Waals surface area contributed by atoms with Crippen LogP contribution in [0.3, 0.4) is 0 Å². The van der Waals surface area contributed by atoms with Gasteiger partial charge in [-0.25, -0.2) is 9.97 Å². The smallest absolute Gasteiger partial charge is 0.144 e. The van der Waals surface area contributed by atoms with Crippen LogP contribution in [0.25, 0.3) is 0 Å². The minimum Gasteiger partial charge on any atom is -0.382 e. The van der Waals surface area contributed by atoms with Gasteiger partial charge in [0.15, 0.2) is 0 Å². The zero-order chi connectivity index (χ0) is 10.4. The zero-order valence-corrected chi connectivity index (χ0v) is 8.83. The van der Waals surface area contributed by atoms with Crippen molar-refractivity contribution >= 4 is 11.6 Å². The third-order valence-electron chi connectivity index (χ3n) is 2.06. The van der Waals surface area contributed by atoms with Crippen LogP contribution in [0.5, 0.6) is 0 Å². The van der Waals surface area contributed by atoms with E-state index in [9.17, 15) is 0 Å². The molecule has 0 aromatic carbocycles. The molecule has 0 amide bonds. The Kier molecular flexibility index (Phi) is 4.16. The lowest BCUT2D eigenvalue weighted by Crippen LogP contribution is -2.15. The first kappa shape index (κ1) is 10.8. The quantitative estimate of drug-likeness (QED) is 0.753. The van der Waals surface area contributed by atoms with Gasteiger partial charge in [-0.3, -0.25) is 0 Å². The van der Waals surface area contributed by atoms with E-state index in [1.54, 1.807) is 12.4 Å². The first-order chi connectivity index (χ1) is 6.72. The van der Waals surface area contributed by atoms with Gasteiger partial charge in [0, 0.05) is 6.04 Å². The van der Waals surface area contributed by atoms with Crippen molar-refractivity contribution in [2.75, 3.05) is 11.1 Å². The molecule has 0 radical (unpaired) electrons. The number of aromatic nitrogens is 2. The summed E-state index contributed by atoms with van der Waals surface area (Å²) in [6.45, 7) is 4.34. The van der Waals surface area contributed by atoms with Crippen LogP contribution in [0.1, 0.15) is 33.1 Å². The van der Waals surface area contributed by atoms with E-state index in [-0.39, 0.29) is 0 Å². The third-order valence-corrected chi connectivity index (χ3v) is 2.06. The van der Waals surface area contributed by atoms with Crippen molar-refractivity contribution in [3.8, 4) is 0 Å². The monoisotopic (exact) mass is 194 g/mol. The predicted molar refractivity (Wildman–Crippen MR) is 59.1 cm³/mol. The second-order valence-electron chi connectivity index (χ2n) is 3.51. The van der Waals surface area contributed by atoms with Gasteiger partial charge in [0.2, 0.25) is 0 Å². The standard InChI is InChI=1S/C10H18N4/c1-3-4-5-8(2)14-10-7-12-9(11)6-13-10/h6-8H,3-5H2,1-2H3,(H2,11,12)(H,13,14). The fourth-order valence-electron chi connectivity index (χ4n) is 1.25. The normalized spacial score (nSPS) is 12.4. The van der Waals surface area contributed by atoms with Gasteiger partial charge < -0.3 is 11.1 Å². The molecule has 1 aromatic rings. The molecule has 1 rings (SSSR count). The van der Waals surface area contributed by atoms with Crippen molar-refractivity contribution < 1.29 is 0 Å². The molecule has 0 saturated heterocycles. The van der Waals surface area contributed by atoms with E-state index in [1.807, 2.05) is 0 Å². The van der Waals surface area contributed by atoms with Crippen molar-refractivity contribution in [1.29, 1.82) is 0 Å². The highest BCUT2D eigenvalue weighted by Gasteiger charge is 2.01. The van der Waals surface area contributed by atoms with Gasteiger partial charge in [0.1, 0.15) is 11.6 Å². The highest BCUT2D eigenvalue weighted by atomic mass is 15.0. The minimum absolute atomic E-state index is 0.438. The van der Waals surface area contributed by atoms with Crippen LogP contribution in [0.4, 0.5) is 11.6 Å². The lowest BCUT2D eigenvalue weighted by Gasteiger charge is -2.13. The maximum absolute atomic E-state index is 5.44. The van der Waals surface area contributed by atoms with Crippen LogP contribution in [-0.4, -0.2) is 16.0 Å². The molecule has 0 aliphatic rings. The van der Waals surface area contributed by atoms with Gasteiger partial charge in [-0.2, -0.15) is 0 Å².